The van der Waals surface area contributed by atoms with Gasteiger partial charge in [0.15, 0.2) is 0 Å². The highest BCUT2D eigenvalue weighted by atomic mass is 16.6. The molecule has 132 valence electrons. The molecule has 0 aliphatic heterocycles. The lowest BCUT2D eigenvalue weighted by atomic mass is 9.73. The number of hydrogen-bond donors (Lipinski definition) is 2. The average molecular weight is 329 g/mol. The normalized spacial score (nSPS) is 41.3. The molecule has 0 aromatic carbocycles. The van der Waals surface area contributed by atoms with Gasteiger partial charge in [-0.25, -0.2) is 0 Å². The molecule has 2 aliphatic rings. The van der Waals surface area contributed by atoms with Gasteiger partial charge in [0.2, 0.25) is 6.04 Å². The summed E-state index contributed by atoms with van der Waals surface area (Å²) in [6, 6.07) is -0.659. The minimum Gasteiger partial charge on any atom is -0.465 e. The third kappa shape index (κ3) is 4.41. The number of hydrogen-bond acceptors (Lipinski definition) is 6. The van der Waals surface area contributed by atoms with Crippen LogP contribution in [0.25, 0.3) is 0 Å². The first-order chi connectivity index (χ1) is 10.8. The Bertz CT molecular complexity index is 442. The Morgan fingerprint density at radius 3 is 2.39 bits per heavy atom. The van der Waals surface area contributed by atoms with Crippen LogP contribution in [-0.4, -0.2) is 46.0 Å². The zero-order valence-corrected chi connectivity index (χ0v) is 13.8. The average Bonchev–Trinajstić information content (AvgIpc) is 2.50. The van der Waals surface area contributed by atoms with Gasteiger partial charge in [-0.15, -0.1) is 0 Å². The number of aliphatic hydroxyl groups is 2. The number of rotatable bonds is 4. The van der Waals surface area contributed by atoms with E-state index < -0.39 is 30.1 Å². The fourth-order valence-electron chi connectivity index (χ4n) is 3.76. The van der Waals surface area contributed by atoms with Crippen molar-refractivity contribution in [1.29, 1.82) is 0 Å². The Hall–Kier alpha value is -1.21. The van der Waals surface area contributed by atoms with E-state index >= 15 is 0 Å². The lowest BCUT2D eigenvalue weighted by Gasteiger charge is -2.34. The van der Waals surface area contributed by atoms with Crippen molar-refractivity contribution in [2.24, 2.45) is 23.7 Å². The molecular weight excluding hydrogens is 302 g/mol. The van der Waals surface area contributed by atoms with Crippen LogP contribution in [-0.2, 0) is 9.53 Å². The van der Waals surface area contributed by atoms with E-state index in [4.69, 9.17) is 4.74 Å². The smallest absolute Gasteiger partial charge is 0.309 e. The van der Waals surface area contributed by atoms with Gasteiger partial charge >= 0.3 is 5.97 Å². The van der Waals surface area contributed by atoms with Gasteiger partial charge in [0.25, 0.3) is 0 Å². The van der Waals surface area contributed by atoms with Crippen molar-refractivity contribution in [1.82, 2.24) is 0 Å². The highest BCUT2D eigenvalue weighted by Gasteiger charge is 2.41. The predicted molar refractivity (Wildman–Crippen MR) is 82.1 cm³/mol. The molecule has 0 heterocycles. The van der Waals surface area contributed by atoms with Crippen LogP contribution in [0.15, 0.2) is 0 Å². The van der Waals surface area contributed by atoms with Crippen LogP contribution in [0.5, 0.6) is 0 Å². The zero-order chi connectivity index (χ0) is 17.1. The summed E-state index contributed by atoms with van der Waals surface area (Å²) in [7, 11) is 0. The van der Waals surface area contributed by atoms with Crippen molar-refractivity contribution < 1.29 is 24.7 Å². The second-order valence-electron chi connectivity index (χ2n) is 7.31. The lowest BCUT2D eigenvalue weighted by molar-refractivity contribution is -0.539. The number of aliphatic hydroxyl groups excluding tert-OH is 2. The molecule has 7 unspecified atom stereocenters. The van der Waals surface area contributed by atoms with E-state index in [0.717, 1.165) is 0 Å². The molecule has 0 aromatic rings. The molecule has 23 heavy (non-hydrogen) atoms. The summed E-state index contributed by atoms with van der Waals surface area (Å²) in [6.07, 6.45) is 0.569. The summed E-state index contributed by atoms with van der Waals surface area (Å²) in [4.78, 5) is 23.1. The quantitative estimate of drug-likeness (QED) is 0.458. The molecule has 2 aliphatic carbocycles. The van der Waals surface area contributed by atoms with Gasteiger partial charge in [0.05, 0.1) is 24.0 Å². The molecule has 2 fully saturated rings. The second kappa shape index (κ2) is 7.57. The molecule has 7 atom stereocenters. The SMILES string of the molecule is CC1CC(COC(=O)C2CCC(O)C(O)C2)C([N+](=O)[O-])CC1C. The van der Waals surface area contributed by atoms with E-state index in [2.05, 4.69) is 6.92 Å². The monoisotopic (exact) mass is 329 g/mol. The van der Waals surface area contributed by atoms with Crippen LogP contribution < -0.4 is 0 Å². The van der Waals surface area contributed by atoms with Gasteiger partial charge < -0.3 is 14.9 Å². The van der Waals surface area contributed by atoms with Gasteiger partial charge in [-0.1, -0.05) is 13.8 Å². The summed E-state index contributed by atoms with van der Waals surface area (Å²) >= 11 is 0. The molecule has 0 spiro atoms. The van der Waals surface area contributed by atoms with Gasteiger partial charge in [0.1, 0.15) is 6.61 Å². The summed E-state index contributed by atoms with van der Waals surface area (Å²) in [5.41, 5.74) is 0. The van der Waals surface area contributed by atoms with E-state index in [9.17, 15) is 25.1 Å². The number of carbonyl (C=O) groups is 1. The Morgan fingerprint density at radius 1 is 1.13 bits per heavy atom. The summed E-state index contributed by atoms with van der Waals surface area (Å²) < 4.78 is 5.33. The topological polar surface area (TPSA) is 110 Å². The Kier molecular flexibility index (Phi) is 5.97. The maximum absolute atomic E-state index is 12.1. The minimum absolute atomic E-state index is 0.0662. The van der Waals surface area contributed by atoms with Crippen LogP contribution in [0, 0.1) is 33.8 Å². The number of esters is 1. The van der Waals surface area contributed by atoms with Crippen LogP contribution in [0.1, 0.15) is 46.0 Å². The van der Waals surface area contributed by atoms with E-state index in [-0.39, 0.29) is 23.9 Å². The summed E-state index contributed by atoms with van der Waals surface area (Å²) in [6.45, 7) is 4.17. The number of nitrogens with zero attached hydrogens (tertiary/aromatic N) is 1. The van der Waals surface area contributed by atoms with Crippen molar-refractivity contribution >= 4 is 5.97 Å². The Labute approximate surface area is 136 Å². The van der Waals surface area contributed by atoms with Crippen molar-refractivity contribution in [2.75, 3.05) is 6.61 Å². The van der Waals surface area contributed by atoms with Gasteiger partial charge in [-0.3, -0.25) is 14.9 Å². The van der Waals surface area contributed by atoms with E-state index in [1.165, 1.54) is 0 Å². The molecule has 0 bridgehead atoms. The highest BCUT2D eigenvalue weighted by molar-refractivity contribution is 5.72. The third-order valence-electron chi connectivity index (χ3n) is 5.63. The molecule has 0 aromatic heterocycles. The first-order valence-electron chi connectivity index (χ1n) is 8.45. The van der Waals surface area contributed by atoms with Crippen LogP contribution >= 0.6 is 0 Å². The standard InChI is InChI=1S/C16H27NO6/c1-9-5-12(13(17(21)22)6-10(9)2)8-23-16(20)11-3-4-14(18)15(19)7-11/h9-15,18-19H,3-8H2,1-2H3. The van der Waals surface area contributed by atoms with Gasteiger partial charge in [-0.2, -0.15) is 0 Å². The molecule has 7 heteroatoms. The number of nitro groups is 1. The molecule has 7 nitrogen and oxygen atoms in total. The van der Waals surface area contributed by atoms with E-state index in [1.54, 1.807) is 0 Å². The summed E-state index contributed by atoms with van der Waals surface area (Å²) in [5, 5.41) is 30.4. The van der Waals surface area contributed by atoms with Crippen LogP contribution in [0.4, 0.5) is 0 Å². The van der Waals surface area contributed by atoms with Crippen molar-refractivity contribution in [3.63, 3.8) is 0 Å². The molecule has 0 amide bonds. The maximum atomic E-state index is 12.1. The fraction of sp³-hybridized carbons (Fsp3) is 0.938. The molecule has 2 rings (SSSR count). The van der Waals surface area contributed by atoms with E-state index in [0.29, 0.717) is 37.5 Å². The summed E-state index contributed by atoms with van der Waals surface area (Å²) in [5.74, 6) is -0.417. The first kappa shape index (κ1) is 18.1. The molecular formula is C16H27NO6. The van der Waals surface area contributed by atoms with Crippen molar-refractivity contribution in [2.45, 2.75) is 64.2 Å². The minimum atomic E-state index is -0.900. The Morgan fingerprint density at radius 2 is 1.78 bits per heavy atom. The first-order valence-corrected chi connectivity index (χ1v) is 8.45. The highest BCUT2D eigenvalue weighted by Crippen LogP contribution is 2.35. The van der Waals surface area contributed by atoms with Crippen molar-refractivity contribution in [3.05, 3.63) is 10.1 Å². The zero-order valence-electron chi connectivity index (χ0n) is 13.8. The third-order valence-corrected chi connectivity index (χ3v) is 5.63. The van der Waals surface area contributed by atoms with Crippen molar-refractivity contribution in [3.8, 4) is 0 Å². The van der Waals surface area contributed by atoms with Gasteiger partial charge in [-0.05, 0) is 37.5 Å². The van der Waals surface area contributed by atoms with Gasteiger partial charge in [0, 0.05) is 11.3 Å². The van der Waals surface area contributed by atoms with E-state index in [1.807, 2.05) is 6.92 Å². The Balaban J connectivity index is 1.88. The van der Waals surface area contributed by atoms with Crippen LogP contribution in [0.3, 0.4) is 0 Å². The van der Waals surface area contributed by atoms with Crippen LogP contribution in [0.2, 0.25) is 0 Å². The molecule has 0 radical (unpaired) electrons. The fourth-order valence-corrected chi connectivity index (χ4v) is 3.76. The molecule has 2 saturated carbocycles. The molecule has 0 saturated heterocycles. The largest absolute Gasteiger partial charge is 0.465 e. The lowest BCUT2D eigenvalue weighted by Crippen LogP contribution is -2.42. The predicted octanol–water partition coefficient (Wildman–Crippen LogP) is 1.38. The molecule has 2 N–H and O–H groups in total. The maximum Gasteiger partial charge on any atom is 0.309 e. The second-order valence-corrected chi connectivity index (χ2v) is 7.31. The number of ether oxygens (including phenoxy) is 1. The number of carbonyl (C=O) groups excluding carboxylic acids is 1.